The predicted molar refractivity (Wildman–Crippen MR) is 84.9 cm³/mol. The van der Waals surface area contributed by atoms with Crippen LogP contribution in [0.4, 0.5) is 5.69 Å². The highest BCUT2D eigenvalue weighted by Gasteiger charge is 2.08. The highest BCUT2D eigenvalue weighted by Crippen LogP contribution is 2.19. The molecule has 0 radical (unpaired) electrons. The Hall–Kier alpha value is -2.08. The third kappa shape index (κ3) is 4.19. The first-order valence-electron chi connectivity index (χ1n) is 6.51. The zero-order valence-corrected chi connectivity index (χ0v) is 13.0. The van der Waals surface area contributed by atoms with Crippen molar-refractivity contribution in [1.82, 2.24) is 9.97 Å². The third-order valence-corrected chi connectivity index (χ3v) is 4.09. The van der Waals surface area contributed by atoms with Gasteiger partial charge in [0.05, 0.1) is 10.8 Å². The summed E-state index contributed by atoms with van der Waals surface area (Å²) < 4.78 is 0. The molecule has 0 saturated carbocycles. The van der Waals surface area contributed by atoms with Gasteiger partial charge in [-0.05, 0) is 43.5 Å². The average Bonchev–Trinajstić information content (AvgIpc) is 2.44. The number of thioether (sulfide) groups is 1. The van der Waals surface area contributed by atoms with E-state index in [9.17, 15) is 9.59 Å². The number of benzene rings is 1. The van der Waals surface area contributed by atoms with Crippen LogP contribution >= 0.6 is 11.8 Å². The molecule has 1 heterocycles. The summed E-state index contributed by atoms with van der Waals surface area (Å²) >= 11 is 1.29. The number of rotatable bonds is 4. The lowest BCUT2D eigenvalue weighted by atomic mass is 10.1. The molecule has 0 atom stereocenters. The van der Waals surface area contributed by atoms with Gasteiger partial charge in [-0.2, -0.15) is 0 Å². The van der Waals surface area contributed by atoms with Crippen molar-refractivity contribution in [3.63, 3.8) is 0 Å². The highest BCUT2D eigenvalue weighted by atomic mass is 32.2. The number of aryl methyl sites for hydroxylation is 3. The number of hydrogen-bond donors (Lipinski definition) is 2. The van der Waals surface area contributed by atoms with Gasteiger partial charge in [-0.25, -0.2) is 9.78 Å². The maximum absolute atomic E-state index is 12.0. The molecule has 0 spiro atoms. The molecule has 1 aromatic heterocycles. The van der Waals surface area contributed by atoms with Crippen LogP contribution in [0.1, 0.15) is 16.7 Å². The molecule has 0 fully saturated rings. The summed E-state index contributed by atoms with van der Waals surface area (Å²) in [6.07, 6.45) is 1.50. The molecule has 110 valence electrons. The standard InChI is InChI=1S/C15H17N3O2S/c1-9-4-5-10(2)12(6-9)17-13(19)8-21-14-11(3)7-16-15(20)18-14/h4-7H,8H2,1-3H3,(H,17,19)(H,16,18,20). The van der Waals surface area contributed by atoms with E-state index in [1.54, 1.807) is 0 Å². The summed E-state index contributed by atoms with van der Waals surface area (Å²) in [7, 11) is 0. The second kappa shape index (κ2) is 6.58. The van der Waals surface area contributed by atoms with Crippen LogP contribution in [-0.4, -0.2) is 21.6 Å². The first-order chi connectivity index (χ1) is 9.95. The van der Waals surface area contributed by atoms with Crippen LogP contribution in [0.5, 0.6) is 0 Å². The van der Waals surface area contributed by atoms with Gasteiger partial charge in [-0.3, -0.25) is 4.79 Å². The maximum Gasteiger partial charge on any atom is 0.345 e. The van der Waals surface area contributed by atoms with Crippen molar-refractivity contribution in [1.29, 1.82) is 0 Å². The van der Waals surface area contributed by atoms with E-state index in [1.165, 1.54) is 18.0 Å². The van der Waals surface area contributed by atoms with Gasteiger partial charge in [-0.1, -0.05) is 23.9 Å². The van der Waals surface area contributed by atoms with Crippen molar-refractivity contribution < 1.29 is 4.79 Å². The first-order valence-corrected chi connectivity index (χ1v) is 7.50. The van der Waals surface area contributed by atoms with Gasteiger partial charge in [0, 0.05) is 11.9 Å². The number of H-pyrrole nitrogens is 1. The number of aromatic amines is 1. The Morgan fingerprint density at radius 2 is 2.05 bits per heavy atom. The number of hydrogen-bond acceptors (Lipinski definition) is 4. The quantitative estimate of drug-likeness (QED) is 0.672. The number of aromatic nitrogens is 2. The average molecular weight is 303 g/mol. The van der Waals surface area contributed by atoms with E-state index in [0.29, 0.717) is 5.03 Å². The van der Waals surface area contributed by atoms with Crippen LogP contribution in [0.25, 0.3) is 0 Å². The lowest BCUT2D eigenvalue weighted by molar-refractivity contribution is -0.113. The molecule has 0 saturated heterocycles. The van der Waals surface area contributed by atoms with Gasteiger partial charge in [0.2, 0.25) is 5.91 Å². The van der Waals surface area contributed by atoms with Crippen LogP contribution in [0.15, 0.2) is 34.2 Å². The van der Waals surface area contributed by atoms with Crippen LogP contribution < -0.4 is 11.0 Å². The minimum absolute atomic E-state index is 0.106. The van der Waals surface area contributed by atoms with Crippen molar-refractivity contribution in [3.05, 3.63) is 51.6 Å². The summed E-state index contributed by atoms with van der Waals surface area (Å²) in [5.41, 5.74) is 3.38. The Morgan fingerprint density at radius 3 is 2.81 bits per heavy atom. The van der Waals surface area contributed by atoms with Crippen LogP contribution in [0.3, 0.4) is 0 Å². The molecule has 0 bridgehead atoms. The van der Waals surface area contributed by atoms with Crippen LogP contribution in [0, 0.1) is 20.8 Å². The smallest absolute Gasteiger partial charge is 0.325 e. The van der Waals surface area contributed by atoms with E-state index in [-0.39, 0.29) is 11.7 Å². The number of nitrogens with one attached hydrogen (secondary N) is 2. The highest BCUT2D eigenvalue weighted by molar-refractivity contribution is 8.00. The van der Waals surface area contributed by atoms with Crippen molar-refractivity contribution in [2.45, 2.75) is 25.8 Å². The Balaban J connectivity index is 2.00. The van der Waals surface area contributed by atoms with Gasteiger partial charge in [0.1, 0.15) is 0 Å². The molecule has 21 heavy (non-hydrogen) atoms. The van der Waals surface area contributed by atoms with E-state index in [2.05, 4.69) is 15.3 Å². The Bertz CT molecular complexity index is 725. The van der Waals surface area contributed by atoms with E-state index >= 15 is 0 Å². The summed E-state index contributed by atoms with van der Waals surface area (Å²) in [4.78, 5) is 29.4. The normalized spacial score (nSPS) is 10.4. The van der Waals surface area contributed by atoms with E-state index in [0.717, 1.165) is 22.4 Å². The van der Waals surface area contributed by atoms with E-state index in [1.807, 2.05) is 39.0 Å². The fourth-order valence-electron chi connectivity index (χ4n) is 1.79. The van der Waals surface area contributed by atoms with Crippen molar-refractivity contribution in [2.75, 3.05) is 11.1 Å². The molecule has 1 amide bonds. The van der Waals surface area contributed by atoms with Gasteiger partial charge >= 0.3 is 5.69 Å². The topological polar surface area (TPSA) is 74.8 Å². The number of anilines is 1. The lowest BCUT2D eigenvalue weighted by Gasteiger charge is -2.09. The lowest BCUT2D eigenvalue weighted by Crippen LogP contribution is -2.16. The fourth-order valence-corrected chi connectivity index (χ4v) is 2.57. The largest absolute Gasteiger partial charge is 0.345 e. The second-order valence-electron chi connectivity index (χ2n) is 4.86. The number of carbonyl (C=O) groups excluding carboxylic acids is 1. The molecule has 1 aromatic carbocycles. The van der Waals surface area contributed by atoms with Gasteiger partial charge in [0.15, 0.2) is 0 Å². The molecule has 0 aliphatic carbocycles. The SMILES string of the molecule is Cc1ccc(C)c(NC(=O)CSc2[nH]c(=O)ncc2C)c1. The Labute approximate surface area is 127 Å². The first kappa shape index (κ1) is 15.3. The van der Waals surface area contributed by atoms with Crippen molar-refractivity contribution in [3.8, 4) is 0 Å². The molecular weight excluding hydrogens is 286 g/mol. The predicted octanol–water partition coefficient (Wildman–Crippen LogP) is 2.43. The van der Waals surface area contributed by atoms with E-state index < -0.39 is 5.69 Å². The van der Waals surface area contributed by atoms with Gasteiger partial charge in [0.25, 0.3) is 0 Å². The molecule has 0 unspecified atom stereocenters. The fraction of sp³-hybridized carbons (Fsp3) is 0.267. The minimum atomic E-state index is -0.405. The van der Waals surface area contributed by atoms with Crippen LogP contribution in [-0.2, 0) is 4.79 Å². The second-order valence-corrected chi connectivity index (χ2v) is 5.84. The van der Waals surface area contributed by atoms with E-state index in [4.69, 9.17) is 0 Å². The molecule has 0 aliphatic heterocycles. The molecular formula is C15H17N3O2S. The zero-order valence-electron chi connectivity index (χ0n) is 12.2. The Kier molecular flexibility index (Phi) is 4.80. The number of carbonyl (C=O) groups is 1. The summed E-state index contributed by atoms with van der Waals surface area (Å²) in [6.45, 7) is 5.77. The maximum atomic E-state index is 12.0. The Morgan fingerprint density at radius 1 is 1.29 bits per heavy atom. The zero-order chi connectivity index (χ0) is 15.4. The molecule has 2 rings (SSSR count). The number of nitrogens with zero attached hydrogens (tertiary/aromatic N) is 1. The van der Waals surface area contributed by atoms with Crippen LogP contribution in [0.2, 0.25) is 0 Å². The molecule has 6 heteroatoms. The third-order valence-electron chi connectivity index (χ3n) is 2.97. The molecule has 0 aliphatic rings. The summed E-state index contributed by atoms with van der Waals surface area (Å²) in [5, 5.41) is 3.56. The molecule has 2 N–H and O–H groups in total. The monoisotopic (exact) mass is 303 g/mol. The van der Waals surface area contributed by atoms with Crippen molar-refractivity contribution in [2.24, 2.45) is 0 Å². The number of amides is 1. The van der Waals surface area contributed by atoms with Gasteiger partial charge < -0.3 is 10.3 Å². The van der Waals surface area contributed by atoms with Gasteiger partial charge in [-0.15, -0.1) is 0 Å². The molecule has 5 nitrogen and oxygen atoms in total. The minimum Gasteiger partial charge on any atom is -0.325 e. The molecule has 2 aromatic rings. The summed E-state index contributed by atoms with van der Waals surface area (Å²) in [6, 6.07) is 5.92. The summed E-state index contributed by atoms with van der Waals surface area (Å²) in [5.74, 6) is 0.125. The van der Waals surface area contributed by atoms with Crippen molar-refractivity contribution >= 4 is 23.4 Å².